The molecule has 7 heteroatoms. The van der Waals surface area contributed by atoms with Crippen LogP contribution in [0.1, 0.15) is 66.4 Å². The van der Waals surface area contributed by atoms with Gasteiger partial charge < -0.3 is 15.2 Å². The topological polar surface area (TPSA) is 113 Å². The largest absolute Gasteiger partial charge is 0.398 e. The van der Waals surface area contributed by atoms with Crippen LogP contribution in [0.5, 0.6) is 0 Å². The fraction of sp³-hybridized carbons (Fsp3) is 0.118. The lowest BCUT2D eigenvalue weighted by atomic mass is 9.83. The quantitative estimate of drug-likeness (QED) is 0.0705. The van der Waals surface area contributed by atoms with E-state index in [4.69, 9.17) is 15.2 Å². The van der Waals surface area contributed by atoms with E-state index < -0.39 is 23.9 Å². The smallest absolute Gasteiger partial charge is 0.346 e. The van der Waals surface area contributed by atoms with Gasteiger partial charge in [-0.3, -0.25) is 0 Å². The molecule has 0 saturated heterocycles. The number of nitrogen functional groups attached to an aromatic ring is 1. The molecule has 41 heavy (non-hydrogen) atoms. The molecule has 8 rings (SSSR count). The molecule has 202 valence electrons. The van der Waals surface area contributed by atoms with Gasteiger partial charge in [0.05, 0.1) is 22.3 Å². The predicted molar refractivity (Wildman–Crippen MR) is 159 cm³/mol. The van der Waals surface area contributed by atoms with Gasteiger partial charge >= 0.3 is 23.9 Å². The zero-order chi connectivity index (χ0) is 29.2. The molecule has 2 aliphatic heterocycles. The molecule has 0 unspecified atom stereocenters. The second-order valence-electron chi connectivity index (χ2n) is 9.80. The fourth-order valence-electron chi connectivity index (χ4n) is 5.78. The first-order valence-electron chi connectivity index (χ1n) is 13.3. The average Bonchev–Trinajstić information content (AvgIpc) is 2.98. The first-order valence-corrected chi connectivity index (χ1v) is 13.3. The number of anilines is 1. The highest BCUT2D eigenvalue weighted by molar-refractivity contribution is 6.39. The Labute approximate surface area is 234 Å². The standard InChI is InChI=1S/C24H8O6.C8H11N.C2H6/c25-21-13-5-1-9-10-2-6-15-20-16(24(28)30-23(15)27)8-4-12(18(10)20)11-3-7-14(22(26)29-21)19(13)17(9)11;1-6-4-3-5-7(2)8(6)9;1-2/h1-8H;3-5H,9H2,1-2H3;1-2H3. The first-order chi connectivity index (χ1) is 19.8. The molecule has 0 amide bonds. The molecule has 0 bridgehead atoms. The third kappa shape index (κ3) is 3.66. The van der Waals surface area contributed by atoms with E-state index in [0.717, 1.165) is 49.1 Å². The zero-order valence-electron chi connectivity index (χ0n) is 22.9. The van der Waals surface area contributed by atoms with Crippen molar-refractivity contribution in [1.29, 1.82) is 0 Å². The molecule has 0 saturated carbocycles. The van der Waals surface area contributed by atoms with Crippen LogP contribution in [0.15, 0.2) is 66.7 Å². The number of carbonyl (C=O) groups is 4. The Balaban J connectivity index is 0.000000235. The highest BCUT2D eigenvalue weighted by Gasteiger charge is 2.32. The molecule has 0 aliphatic carbocycles. The molecule has 0 atom stereocenters. The molecule has 6 aromatic rings. The van der Waals surface area contributed by atoms with Crippen LogP contribution in [-0.4, -0.2) is 23.9 Å². The Kier molecular flexibility index (Phi) is 5.96. The molecule has 7 nitrogen and oxygen atoms in total. The molecule has 0 aromatic heterocycles. The molecule has 0 fully saturated rings. The normalized spacial score (nSPS) is 13.6. The summed E-state index contributed by atoms with van der Waals surface area (Å²) in [6.07, 6.45) is 0. The Hall–Kier alpha value is -5.30. The highest BCUT2D eigenvalue weighted by atomic mass is 16.6. The van der Waals surface area contributed by atoms with E-state index in [-0.39, 0.29) is 0 Å². The van der Waals surface area contributed by atoms with Crippen molar-refractivity contribution in [2.45, 2.75) is 27.7 Å². The minimum atomic E-state index is -0.666. The molecule has 2 N–H and O–H groups in total. The summed E-state index contributed by atoms with van der Waals surface area (Å²) < 4.78 is 9.74. The number of para-hydroxylation sites is 1. The maximum Gasteiger partial charge on any atom is 0.346 e. The molecule has 2 aliphatic rings. The molecule has 0 spiro atoms. The monoisotopic (exact) mass is 543 g/mol. The van der Waals surface area contributed by atoms with Gasteiger partial charge in [-0.05, 0) is 81.6 Å². The predicted octanol–water partition coefficient (Wildman–Crippen LogP) is 7.27. The van der Waals surface area contributed by atoms with Crippen molar-refractivity contribution in [2.75, 3.05) is 5.73 Å². The summed E-state index contributed by atoms with van der Waals surface area (Å²) in [4.78, 5) is 49.3. The molecule has 6 aromatic carbocycles. The van der Waals surface area contributed by atoms with E-state index in [1.165, 1.54) is 0 Å². The number of esters is 4. The Morgan fingerprint density at radius 3 is 1.02 bits per heavy atom. The van der Waals surface area contributed by atoms with Gasteiger partial charge in [-0.2, -0.15) is 0 Å². The van der Waals surface area contributed by atoms with Crippen molar-refractivity contribution in [2.24, 2.45) is 0 Å². The summed E-state index contributed by atoms with van der Waals surface area (Å²) in [5.74, 6) is -2.66. The van der Waals surface area contributed by atoms with Crippen LogP contribution in [0.2, 0.25) is 0 Å². The zero-order valence-corrected chi connectivity index (χ0v) is 22.9. The third-order valence-electron chi connectivity index (χ3n) is 7.69. The lowest BCUT2D eigenvalue weighted by Gasteiger charge is -2.22. The third-order valence-corrected chi connectivity index (χ3v) is 7.69. The van der Waals surface area contributed by atoms with E-state index in [9.17, 15) is 19.2 Å². The number of hydrogen-bond acceptors (Lipinski definition) is 7. The van der Waals surface area contributed by atoms with Crippen molar-refractivity contribution in [1.82, 2.24) is 0 Å². The van der Waals surface area contributed by atoms with Crippen molar-refractivity contribution < 1.29 is 28.7 Å². The van der Waals surface area contributed by atoms with Gasteiger partial charge in [0.25, 0.3) is 0 Å². The van der Waals surface area contributed by atoms with Crippen LogP contribution in [0.25, 0.3) is 43.1 Å². The average molecular weight is 544 g/mol. The number of ether oxygens (including phenoxy) is 2. The highest BCUT2D eigenvalue weighted by Crippen LogP contribution is 2.45. The second kappa shape index (κ2) is 9.41. The summed E-state index contributed by atoms with van der Waals surface area (Å²) in [6.45, 7) is 8.03. The van der Waals surface area contributed by atoms with Crippen LogP contribution in [0.3, 0.4) is 0 Å². The van der Waals surface area contributed by atoms with Gasteiger partial charge in [0.1, 0.15) is 0 Å². The van der Waals surface area contributed by atoms with Crippen LogP contribution in [0.4, 0.5) is 5.69 Å². The van der Waals surface area contributed by atoms with E-state index >= 15 is 0 Å². The van der Waals surface area contributed by atoms with Gasteiger partial charge in [0, 0.05) is 16.5 Å². The molecule has 2 heterocycles. The lowest BCUT2D eigenvalue weighted by Crippen LogP contribution is -2.20. The summed E-state index contributed by atoms with van der Waals surface area (Å²) in [7, 11) is 0. The van der Waals surface area contributed by atoms with Gasteiger partial charge in [-0.15, -0.1) is 0 Å². The first kappa shape index (κ1) is 26.0. The van der Waals surface area contributed by atoms with Crippen molar-refractivity contribution >= 4 is 72.7 Å². The van der Waals surface area contributed by atoms with E-state index in [0.29, 0.717) is 33.0 Å². The number of aryl methyl sites for hydroxylation is 2. The lowest BCUT2D eigenvalue weighted by molar-refractivity contribution is 0.0373. The number of hydrogen-bond donors (Lipinski definition) is 1. The molecular formula is C34H25NO6. The summed E-state index contributed by atoms with van der Waals surface area (Å²) in [6, 6.07) is 19.9. The Morgan fingerprint density at radius 1 is 0.463 bits per heavy atom. The minimum Gasteiger partial charge on any atom is -0.398 e. The van der Waals surface area contributed by atoms with Crippen LogP contribution < -0.4 is 5.73 Å². The summed E-state index contributed by atoms with van der Waals surface area (Å²) >= 11 is 0. The number of benzene rings is 6. The fourth-order valence-corrected chi connectivity index (χ4v) is 5.78. The van der Waals surface area contributed by atoms with E-state index in [2.05, 4.69) is 0 Å². The molecular weight excluding hydrogens is 518 g/mol. The van der Waals surface area contributed by atoms with Crippen molar-refractivity contribution in [3.63, 3.8) is 0 Å². The van der Waals surface area contributed by atoms with Crippen LogP contribution in [0, 0.1) is 13.8 Å². The maximum atomic E-state index is 12.3. The number of fused-ring (bicyclic) bond motifs is 2. The number of rotatable bonds is 0. The van der Waals surface area contributed by atoms with E-state index in [1.54, 1.807) is 24.3 Å². The maximum absolute atomic E-state index is 12.3. The van der Waals surface area contributed by atoms with Gasteiger partial charge in [0.2, 0.25) is 0 Å². The molecule has 0 radical (unpaired) electrons. The number of cyclic esters (lactones) is 4. The van der Waals surface area contributed by atoms with Crippen LogP contribution in [-0.2, 0) is 9.47 Å². The summed E-state index contributed by atoms with van der Waals surface area (Å²) in [5, 5.41) is 6.03. The number of carbonyl (C=O) groups excluding carboxylic acids is 4. The van der Waals surface area contributed by atoms with E-state index in [1.807, 2.05) is 70.2 Å². The minimum absolute atomic E-state index is 0.345. The Morgan fingerprint density at radius 2 is 0.756 bits per heavy atom. The Bertz CT molecular complexity index is 1860. The van der Waals surface area contributed by atoms with Gasteiger partial charge in [-0.1, -0.05) is 56.3 Å². The summed E-state index contributed by atoms with van der Waals surface area (Å²) in [5.41, 5.74) is 10.3. The SMILES string of the molecule is CC.Cc1cccc(C)c1N.O=C1OC(=O)c2ccc3c4ccc5c6c(ccc(c7ccc1c2c73)c64)C(=O)OC5=O. The number of nitrogens with two attached hydrogens (primary N) is 1. The van der Waals surface area contributed by atoms with Crippen molar-refractivity contribution in [3.8, 4) is 0 Å². The van der Waals surface area contributed by atoms with Crippen LogP contribution >= 0.6 is 0 Å². The van der Waals surface area contributed by atoms with Gasteiger partial charge in [0.15, 0.2) is 0 Å². The van der Waals surface area contributed by atoms with Crippen molar-refractivity contribution in [3.05, 3.63) is 100 Å². The second-order valence-corrected chi connectivity index (χ2v) is 9.80. The van der Waals surface area contributed by atoms with Gasteiger partial charge in [-0.25, -0.2) is 19.2 Å².